The molecule has 0 saturated heterocycles. The van der Waals surface area contributed by atoms with Gasteiger partial charge in [-0.1, -0.05) is 30.7 Å². The van der Waals surface area contributed by atoms with E-state index in [1.54, 1.807) is 13.0 Å². The SMILES string of the molecule is CCOC(=O)c1cc(CCC2=CC=CCC2C)[nH]n1. The van der Waals surface area contributed by atoms with Gasteiger partial charge in [-0.15, -0.1) is 0 Å². The van der Waals surface area contributed by atoms with Crippen LogP contribution in [-0.4, -0.2) is 22.8 Å². The fraction of sp³-hybridized carbons (Fsp3) is 0.467. The van der Waals surface area contributed by atoms with Gasteiger partial charge >= 0.3 is 5.97 Å². The second kappa shape index (κ2) is 6.36. The highest BCUT2D eigenvalue weighted by atomic mass is 16.5. The summed E-state index contributed by atoms with van der Waals surface area (Å²) in [6.45, 7) is 4.40. The molecule has 19 heavy (non-hydrogen) atoms. The fourth-order valence-corrected chi connectivity index (χ4v) is 2.20. The Bertz CT molecular complexity index is 500. The number of carbonyl (C=O) groups excluding carboxylic acids is 1. The Morgan fingerprint density at radius 1 is 1.53 bits per heavy atom. The maximum Gasteiger partial charge on any atom is 0.358 e. The van der Waals surface area contributed by atoms with Crippen molar-refractivity contribution in [3.8, 4) is 0 Å². The average Bonchev–Trinajstić information content (AvgIpc) is 2.87. The van der Waals surface area contributed by atoms with Crippen LogP contribution in [0.5, 0.6) is 0 Å². The minimum absolute atomic E-state index is 0.363. The van der Waals surface area contributed by atoms with Crippen molar-refractivity contribution in [2.24, 2.45) is 5.92 Å². The summed E-state index contributed by atoms with van der Waals surface area (Å²) in [6.07, 6.45) is 9.49. The van der Waals surface area contributed by atoms with E-state index in [0.717, 1.165) is 25.0 Å². The summed E-state index contributed by atoms with van der Waals surface area (Å²) in [5.41, 5.74) is 2.79. The van der Waals surface area contributed by atoms with Crippen LogP contribution in [0, 0.1) is 5.92 Å². The Morgan fingerprint density at radius 2 is 2.37 bits per heavy atom. The predicted octanol–water partition coefficient (Wildman–Crippen LogP) is 3.04. The summed E-state index contributed by atoms with van der Waals surface area (Å²) in [5.74, 6) is 0.246. The molecule has 1 aromatic heterocycles. The van der Waals surface area contributed by atoms with Crippen molar-refractivity contribution < 1.29 is 9.53 Å². The Balaban J connectivity index is 1.91. The molecule has 0 fully saturated rings. The zero-order chi connectivity index (χ0) is 13.7. The van der Waals surface area contributed by atoms with E-state index in [2.05, 4.69) is 35.3 Å². The van der Waals surface area contributed by atoms with Gasteiger partial charge in [-0.2, -0.15) is 5.10 Å². The van der Waals surface area contributed by atoms with Gasteiger partial charge in [0.1, 0.15) is 0 Å². The third kappa shape index (κ3) is 3.56. The smallest absolute Gasteiger partial charge is 0.358 e. The first-order valence-corrected chi connectivity index (χ1v) is 6.77. The van der Waals surface area contributed by atoms with Gasteiger partial charge in [0.15, 0.2) is 5.69 Å². The topological polar surface area (TPSA) is 55.0 Å². The van der Waals surface area contributed by atoms with Gasteiger partial charge in [0.2, 0.25) is 0 Å². The normalized spacial score (nSPS) is 18.2. The molecule has 0 aliphatic heterocycles. The lowest BCUT2D eigenvalue weighted by Gasteiger charge is -2.16. The van der Waals surface area contributed by atoms with Crippen LogP contribution in [0.2, 0.25) is 0 Å². The van der Waals surface area contributed by atoms with Crippen LogP contribution in [0.15, 0.2) is 29.9 Å². The Hall–Kier alpha value is -1.84. The number of nitrogens with one attached hydrogen (secondary N) is 1. The summed E-state index contributed by atoms with van der Waals surface area (Å²) in [5, 5.41) is 6.89. The van der Waals surface area contributed by atoms with E-state index in [-0.39, 0.29) is 5.97 Å². The van der Waals surface area contributed by atoms with Crippen molar-refractivity contribution in [2.75, 3.05) is 6.61 Å². The van der Waals surface area contributed by atoms with Crippen molar-refractivity contribution in [3.63, 3.8) is 0 Å². The van der Waals surface area contributed by atoms with Gasteiger partial charge < -0.3 is 4.74 Å². The van der Waals surface area contributed by atoms with Crippen LogP contribution in [0.4, 0.5) is 0 Å². The van der Waals surface area contributed by atoms with Gasteiger partial charge in [-0.25, -0.2) is 4.79 Å². The summed E-state index contributed by atoms with van der Waals surface area (Å²) >= 11 is 0. The number of rotatable bonds is 5. The largest absolute Gasteiger partial charge is 0.461 e. The molecule has 1 unspecified atom stereocenters. The number of allylic oxidation sites excluding steroid dienone is 4. The number of esters is 1. The Labute approximate surface area is 113 Å². The number of nitrogens with zero attached hydrogens (tertiary/aromatic N) is 1. The minimum Gasteiger partial charge on any atom is -0.461 e. The van der Waals surface area contributed by atoms with Gasteiger partial charge in [-0.05, 0) is 38.2 Å². The van der Waals surface area contributed by atoms with Crippen LogP contribution >= 0.6 is 0 Å². The molecule has 4 nitrogen and oxygen atoms in total. The number of aromatic nitrogens is 2. The molecule has 4 heteroatoms. The fourth-order valence-electron chi connectivity index (χ4n) is 2.20. The summed E-state index contributed by atoms with van der Waals surface area (Å²) in [6, 6.07) is 1.78. The molecule has 0 radical (unpaired) electrons. The van der Waals surface area contributed by atoms with Crippen LogP contribution in [0.1, 0.15) is 42.9 Å². The molecule has 2 rings (SSSR count). The van der Waals surface area contributed by atoms with Crippen molar-refractivity contribution in [3.05, 3.63) is 41.3 Å². The number of hydrogen-bond acceptors (Lipinski definition) is 3. The molecule has 0 amide bonds. The highest BCUT2D eigenvalue weighted by molar-refractivity contribution is 5.87. The molecule has 1 aliphatic carbocycles. The minimum atomic E-state index is -0.363. The number of H-pyrrole nitrogens is 1. The van der Waals surface area contributed by atoms with Crippen molar-refractivity contribution in [1.82, 2.24) is 10.2 Å². The lowest BCUT2D eigenvalue weighted by molar-refractivity contribution is 0.0519. The molecule has 102 valence electrons. The van der Waals surface area contributed by atoms with Gasteiger partial charge in [-0.3, -0.25) is 5.10 Å². The van der Waals surface area contributed by atoms with Crippen molar-refractivity contribution in [1.29, 1.82) is 0 Å². The summed E-state index contributed by atoms with van der Waals surface area (Å²) in [7, 11) is 0. The molecule has 1 N–H and O–H groups in total. The van der Waals surface area contributed by atoms with Gasteiger partial charge in [0, 0.05) is 5.69 Å². The van der Waals surface area contributed by atoms with Crippen LogP contribution < -0.4 is 0 Å². The van der Waals surface area contributed by atoms with Crippen molar-refractivity contribution >= 4 is 5.97 Å². The number of aryl methyl sites for hydroxylation is 1. The third-order valence-electron chi connectivity index (χ3n) is 3.37. The van der Waals surface area contributed by atoms with Crippen molar-refractivity contribution in [2.45, 2.75) is 33.1 Å². The number of hydrogen-bond donors (Lipinski definition) is 1. The lowest BCUT2D eigenvalue weighted by Crippen LogP contribution is -2.04. The van der Waals surface area contributed by atoms with E-state index < -0.39 is 0 Å². The standard InChI is InChI=1S/C15H20N2O2/c1-3-19-15(18)14-10-13(16-17-14)9-8-12-7-5-4-6-11(12)2/h4-5,7,10-11H,3,6,8-9H2,1-2H3,(H,16,17). The molecule has 0 spiro atoms. The maximum atomic E-state index is 11.5. The second-order valence-electron chi connectivity index (χ2n) is 4.81. The van der Waals surface area contributed by atoms with Crippen LogP contribution in [0.3, 0.4) is 0 Å². The van der Waals surface area contributed by atoms with Gasteiger partial charge in [0.25, 0.3) is 0 Å². The highest BCUT2D eigenvalue weighted by Crippen LogP contribution is 2.23. The van der Waals surface area contributed by atoms with E-state index in [9.17, 15) is 4.79 Å². The second-order valence-corrected chi connectivity index (χ2v) is 4.81. The van der Waals surface area contributed by atoms with E-state index in [4.69, 9.17) is 4.74 Å². The van der Waals surface area contributed by atoms with E-state index >= 15 is 0 Å². The Morgan fingerprint density at radius 3 is 3.11 bits per heavy atom. The summed E-state index contributed by atoms with van der Waals surface area (Å²) < 4.78 is 4.91. The molecule has 0 aromatic carbocycles. The first-order valence-electron chi connectivity index (χ1n) is 6.77. The third-order valence-corrected chi connectivity index (χ3v) is 3.37. The predicted molar refractivity (Wildman–Crippen MR) is 73.9 cm³/mol. The zero-order valence-corrected chi connectivity index (χ0v) is 11.5. The Kier molecular flexibility index (Phi) is 4.55. The van der Waals surface area contributed by atoms with E-state index in [1.165, 1.54) is 5.57 Å². The van der Waals surface area contributed by atoms with E-state index in [1.807, 2.05) is 0 Å². The molecule has 0 bridgehead atoms. The van der Waals surface area contributed by atoms with E-state index in [0.29, 0.717) is 18.2 Å². The number of ether oxygens (including phenoxy) is 1. The van der Waals surface area contributed by atoms with Crippen LogP contribution in [-0.2, 0) is 11.2 Å². The molecule has 1 aromatic rings. The molecular weight excluding hydrogens is 240 g/mol. The molecule has 1 heterocycles. The molecular formula is C15H20N2O2. The van der Waals surface area contributed by atoms with Crippen LogP contribution in [0.25, 0.3) is 0 Å². The first-order chi connectivity index (χ1) is 9.20. The average molecular weight is 260 g/mol. The monoisotopic (exact) mass is 260 g/mol. The van der Waals surface area contributed by atoms with Gasteiger partial charge in [0.05, 0.1) is 6.61 Å². The number of aromatic amines is 1. The number of carbonyl (C=O) groups is 1. The summed E-state index contributed by atoms with van der Waals surface area (Å²) in [4.78, 5) is 11.5. The molecule has 1 atom stereocenters. The highest BCUT2D eigenvalue weighted by Gasteiger charge is 2.13. The lowest BCUT2D eigenvalue weighted by atomic mass is 9.90. The quantitative estimate of drug-likeness (QED) is 0.828. The zero-order valence-electron chi connectivity index (χ0n) is 11.5. The molecule has 1 aliphatic rings. The molecule has 0 saturated carbocycles. The first kappa shape index (κ1) is 13.6. The maximum absolute atomic E-state index is 11.5.